The fraction of sp³-hybridized carbons (Fsp3) is 0.600. The molecule has 1 aliphatic rings. The SMILES string of the molecule is CCOC1CC(NC(C)c2ccc(C(F)(F)F)cc2)C1. The summed E-state index contributed by atoms with van der Waals surface area (Å²) in [5.74, 6) is 0. The van der Waals surface area contributed by atoms with Crippen LogP contribution < -0.4 is 5.32 Å². The van der Waals surface area contributed by atoms with Crippen molar-refractivity contribution in [3.8, 4) is 0 Å². The van der Waals surface area contributed by atoms with E-state index in [4.69, 9.17) is 4.74 Å². The summed E-state index contributed by atoms with van der Waals surface area (Å²) in [6, 6.07) is 5.79. The van der Waals surface area contributed by atoms with Crippen LogP contribution >= 0.6 is 0 Å². The van der Waals surface area contributed by atoms with Crippen LogP contribution in [0.4, 0.5) is 13.2 Å². The van der Waals surface area contributed by atoms with Crippen molar-refractivity contribution in [3.63, 3.8) is 0 Å². The molecular formula is C15H20F3NO. The average Bonchev–Trinajstić information content (AvgIpc) is 2.35. The number of halogens is 3. The van der Waals surface area contributed by atoms with E-state index in [2.05, 4.69) is 5.32 Å². The first-order chi connectivity index (χ1) is 9.40. The molecule has 0 saturated heterocycles. The van der Waals surface area contributed by atoms with E-state index in [1.807, 2.05) is 13.8 Å². The van der Waals surface area contributed by atoms with Crippen molar-refractivity contribution in [2.24, 2.45) is 0 Å². The van der Waals surface area contributed by atoms with Crippen LogP contribution in [-0.4, -0.2) is 18.8 Å². The van der Waals surface area contributed by atoms with Gasteiger partial charge < -0.3 is 10.1 Å². The van der Waals surface area contributed by atoms with Gasteiger partial charge in [0.1, 0.15) is 0 Å². The smallest absolute Gasteiger partial charge is 0.378 e. The van der Waals surface area contributed by atoms with Crippen molar-refractivity contribution in [1.29, 1.82) is 0 Å². The van der Waals surface area contributed by atoms with Crippen LogP contribution in [0, 0.1) is 0 Å². The molecule has 112 valence electrons. The van der Waals surface area contributed by atoms with Gasteiger partial charge in [-0.25, -0.2) is 0 Å². The van der Waals surface area contributed by atoms with E-state index in [0.29, 0.717) is 12.1 Å². The van der Waals surface area contributed by atoms with Gasteiger partial charge in [0.2, 0.25) is 0 Å². The first-order valence-electron chi connectivity index (χ1n) is 6.95. The Kier molecular flexibility index (Phi) is 4.70. The molecule has 2 rings (SSSR count). The molecule has 0 aromatic heterocycles. The second kappa shape index (κ2) is 6.14. The molecule has 1 unspecified atom stereocenters. The zero-order chi connectivity index (χ0) is 14.8. The van der Waals surface area contributed by atoms with Crippen LogP contribution in [0.1, 0.15) is 43.9 Å². The zero-order valence-corrected chi connectivity index (χ0v) is 11.7. The number of ether oxygens (including phenoxy) is 1. The highest BCUT2D eigenvalue weighted by Gasteiger charge is 2.31. The summed E-state index contributed by atoms with van der Waals surface area (Å²) in [7, 11) is 0. The molecule has 1 atom stereocenters. The molecule has 0 spiro atoms. The van der Waals surface area contributed by atoms with Crippen LogP contribution in [0.5, 0.6) is 0 Å². The Morgan fingerprint density at radius 1 is 1.25 bits per heavy atom. The minimum Gasteiger partial charge on any atom is -0.378 e. The Balaban J connectivity index is 1.86. The first kappa shape index (κ1) is 15.3. The molecule has 1 fully saturated rings. The Bertz CT molecular complexity index is 424. The summed E-state index contributed by atoms with van der Waals surface area (Å²) in [5.41, 5.74) is 0.270. The topological polar surface area (TPSA) is 21.3 Å². The van der Waals surface area contributed by atoms with E-state index in [1.54, 1.807) is 12.1 Å². The third-order valence-corrected chi connectivity index (χ3v) is 3.72. The van der Waals surface area contributed by atoms with Crippen LogP contribution in [0.25, 0.3) is 0 Å². The second-order valence-electron chi connectivity index (χ2n) is 5.25. The lowest BCUT2D eigenvalue weighted by atomic mass is 9.88. The normalized spacial score (nSPS) is 24.2. The van der Waals surface area contributed by atoms with Crippen molar-refractivity contribution in [1.82, 2.24) is 5.32 Å². The van der Waals surface area contributed by atoms with Gasteiger partial charge in [0.25, 0.3) is 0 Å². The molecule has 5 heteroatoms. The quantitative estimate of drug-likeness (QED) is 0.886. The highest BCUT2D eigenvalue weighted by Crippen LogP contribution is 2.30. The molecule has 0 amide bonds. The summed E-state index contributed by atoms with van der Waals surface area (Å²) < 4.78 is 42.9. The molecule has 0 radical (unpaired) electrons. The van der Waals surface area contributed by atoms with Crippen molar-refractivity contribution < 1.29 is 17.9 Å². The second-order valence-corrected chi connectivity index (χ2v) is 5.25. The highest BCUT2D eigenvalue weighted by molar-refractivity contribution is 5.26. The number of rotatable bonds is 5. The fourth-order valence-electron chi connectivity index (χ4n) is 2.48. The van der Waals surface area contributed by atoms with Gasteiger partial charge in [-0.05, 0) is 44.4 Å². The lowest BCUT2D eigenvalue weighted by Gasteiger charge is -2.37. The largest absolute Gasteiger partial charge is 0.416 e. The summed E-state index contributed by atoms with van der Waals surface area (Å²) in [6.07, 6.45) is -2.00. The van der Waals surface area contributed by atoms with Gasteiger partial charge in [-0.3, -0.25) is 0 Å². The maximum atomic E-state index is 12.5. The van der Waals surface area contributed by atoms with E-state index < -0.39 is 11.7 Å². The van der Waals surface area contributed by atoms with Crippen molar-refractivity contribution in [2.45, 2.75) is 51.1 Å². The molecule has 1 aliphatic carbocycles. The molecule has 0 aliphatic heterocycles. The van der Waals surface area contributed by atoms with Crippen LogP contribution in [0.15, 0.2) is 24.3 Å². The minimum atomic E-state index is -4.27. The molecule has 1 N–H and O–H groups in total. The van der Waals surface area contributed by atoms with E-state index >= 15 is 0 Å². The van der Waals surface area contributed by atoms with Gasteiger partial charge in [0.15, 0.2) is 0 Å². The predicted octanol–water partition coefficient (Wildman–Crippen LogP) is 3.92. The van der Waals surface area contributed by atoms with E-state index in [-0.39, 0.29) is 6.04 Å². The van der Waals surface area contributed by atoms with Gasteiger partial charge in [-0.2, -0.15) is 13.2 Å². The third-order valence-electron chi connectivity index (χ3n) is 3.72. The van der Waals surface area contributed by atoms with Gasteiger partial charge in [0, 0.05) is 18.7 Å². The lowest BCUT2D eigenvalue weighted by Crippen LogP contribution is -2.46. The number of alkyl halides is 3. The molecule has 0 heterocycles. The van der Waals surface area contributed by atoms with Crippen LogP contribution in [-0.2, 0) is 10.9 Å². The van der Waals surface area contributed by atoms with Crippen molar-refractivity contribution in [3.05, 3.63) is 35.4 Å². The molecular weight excluding hydrogens is 267 g/mol. The lowest BCUT2D eigenvalue weighted by molar-refractivity contribution is -0.137. The number of nitrogens with one attached hydrogen (secondary N) is 1. The molecule has 1 saturated carbocycles. The average molecular weight is 287 g/mol. The Morgan fingerprint density at radius 2 is 1.85 bits per heavy atom. The predicted molar refractivity (Wildman–Crippen MR) is 71.4 cm³/mol. The Morgan fingerprint density at radius 3 is 2.35 bits per heavy atom. The summed E-state index contributed by atoms with van der Waals surface area (Å²) in [6.45, 7) is 4.67. The third kappa shape index (κ3) is 3.73. The van der Waals surface area contributed by atoms with E-state index in [9.17, 15) is 13.2 Å². The van der Waals surface area contributed by atoms with Gasteiger partial charge in [0.05, 0.1) is 11.7 Å². The van der Waals surface area contributed by atoms with Gasteiger partial charge >= 0.3 is 6.18 Å². The number of hydrogen-bond donors (Lipinski definition) is 1. The Labute approximate surface area is 117 Å². The standard InChI is InChI=1S/C15H20F3NO/c1-3-20-14-8-13(9-14)19-10(2)11-4-6-12(7-5-11)15(16,17)18/h4-7,10,13-14,19H,3,8-9H2,1-2H3. The molecule has 0 bridgehead atoms. The number of benzene rings is 1. The summed E-state index contributed by atoms with van der Waals surface area (Å²) in [4.78, 5) is 0. The molecule has 1 aromatic carbocycles. The first-order valence-corrected chi connectivity index (χ1v) is 6.95. The molecule has 1 aromatic rings. The Hall–Kier alpha value is -1.07. The summed E-state index contributed by atoms with van der Waals surface area (Å²) in [5, 5.41) is 3.42. The van der Waals surface area contributed by atoms with E-state index in [1.165, 1.54) is 0 Å². The van der Waals surface area contributed by atoms with Gasteiger partial charge in [-0.15, -0.1) is 0 Å². The summed E-state index contributed by atoms with van der Waals surface area (Å²) >= 11 is 0. The van der Waals surface area contributed by atoms with Gasteiger partial charge in [-0.1, -0.05) is 12.1 Å². The maximum Gasteiger partial charge on any atom is 0.416 e. The van der Waals surface area contributed by atoms with Crippen LogP contribution in [0.3, 0.4) is 0 Å². The van der Waals surface area contributed by atoms with Crippen molar-refractivity contribution >= 4 is 0 Å². The molecule has 2 nitrogen and oxygen atoms in total. The highest BCUT2D eigenvalue weighted by atomic mass is 19.4. The maximum absolute atomic E-state index is 12.5. The van der Waals surface area contributed by atoms with Crippen LogP contribution in [0.2, 0.25) is 0 Å². The molecule has 20 heavy (non-hydrogen) atoms. The zero-order valence-electron chi connectivity index (χ0n) is 11.7. The monoisotopic (exact) mass is 287 g/mol. The van der Waals surface area contributed by atoms with E-state index in [0.717, 1.165) is 37.1 Å². The minimum absolute atomic E-state index is 0.0462. The number of hydrogen-bond acceptors (Lipinski definition) is 2. The fourth-order valence-corrected chi connectivity index (χ4v) is 2.48. The van der Waals surface area contributed by atoms with Crippen molar-refractivity contribution in [2.75, 3.05) is 6.61 Å².